The predicted molar refractivity (Wildman–Crippen MR) is 163 cm³/mol. The Hall–Kier alpha value is -5.28. The predicted octanol–water partition coefficient (Wildman–Crippen LogP) is 9.64. The van der Waals surface area contributed by atoms with E-state index in [-0.39, 0.29) is 0 Å². The van der Waals surface area contributed by atoms with Crippen LogP contribution >= 0.6 is 0 Å². The zero-order chi connectivity index (χ0) is 26.5. The van der Waals surface area contributed by atoms with Crippen LogP contribution in [-0.4, -0.2) is 0 Å². The van der Waals surface area contributed by atoms with Crippen LogP contribution < -0.4 is 15.4 Å². The van der Waals surface area contributed by atoms with Crippen molar-refractivity contribution in [1.29, 1.82) is 0 Å². The van der Waals surface area contributed by atoms with Gasteiger partial charge in [-0.05, 0) is 75.8 Å². The first-order valence-corrected chi connectivity index (χ1v) is 13.6. The maximum Gasteiger partial charge on any atom is 0.151 e. The summed E-state index contributed by atoms with van der Waals surface area (Å²) in [7, 11) is 0. The summed E-state index contributed by atoms with van der Waals surface area (Å²) in [6.07, 6.45) is 0. The molecule has 6 aromatic rings. The van der Waals surface area contributed by atoms with Crippen LogP contribution in [0, 0.1) is 0 Å². The van der Waals surface area contributed by atoms with Crippen LogP contribution in [0.15, 0.2) is 146 Å². The fourth-order valence-electron chi connectivity index (χ4n) is 6.36. The Bertz CT molecular complexity index is 1850. The van der Waals surface area contributed by atoms with Crippen molar-refractivity contribution < 1.29 is 4.74 Å². The van der Waals surface area contributed by atoms with Gasteiger partial charge < -0.3 is 15.4 Å². The molecule has 0 unspecified atom stereocenters. The first-order chi connectivity index (χ1) is 19.8. The monoisotopic (exact) mass is 514 g/mol. The van der Waals surface area contributed by atoms with Gasteiger partial charge >= 0.3 is 0 Å². The SMILES string of the molecule is c1ccc(C2(c3cccc(-c4ccc5c(c4)Nc4ccccc4O5)c3)c3ccccc3Nc3ccccc32)cc1. The summed E-state index contributed by atoms with van der Waals surface area (Å²) in [5.41, 5.74) is 11.0. The molecule has 0 aromatic heterocycles. The molecule has 0 spiro atoms. The van der Waals surface area contributed by atoms with Crippen LogP contribution in [0.5, 0.6) is 11.5 Å². The topological polar surface area (TPSA) is 33.3 Å². The van der Waals surface area contributed by atoms with Gasteiger partial charge in [-0.25, -0.2) is 0 Å². The van der Waals surface area contributed by atoms with E-state index in [1.54, 1.807) is 0 Å². The van der Waals surface area contributed by atoms with Crippen LogP contribution in [0.4, 0.5) is 22.7 Å². The molecule has 3 heteroatoms. The van der Waals surface area contributed by atoms with Gasteiger partial charge in [-0.3, -0.25) is 0 Å². The summed E-state index contributed by atoms with van der Waals surface area (Å²) >= 11 is 0. The van der Waals surface area contributed by atoms with E-state index in [1.165, 1.54) is 22.3 Å². The van der Waals surface area contributed by atoms with Gasteiger partial charge in [-0.1, -0.05) is 103 Å². The van der Waals surface area contributed by atoms with Crippen molar-refractivity contribution >= 4 is 22.7 Å². The first-order valence-electron chi connectivity index (χ1n) is 13.6. The molecule has 0 radical (unpaired) electrons. The number of ether oxygens (including phenoxy) is 1. The van der Waals surface area contributed by atoms with Crippen molar-refractivity contribution in [1.82, 2.24) is 0 Å². The van der Waals surface area contributed by atoms with Gasteiger partial charge in [0.1, 0.15) is 0 Å². The quantitative estimate of drug-likeness (QED) is 0.246. The number of hydrogen-bond donors (Lipinski definition) is 2. The van der Waals surface area contributed by atoms with E-state index in [0.717, 1.165) is 45.4 Å². The Morgan fingerprint density at radius 2 is 0.975 bits per heavy atom. The van der Waals surface area contributed by atoms with E-state index >= 15 is 0 Å². The molecule has 8 rings (SSSR count). The van der Waals surface area contributed by atoms with Crippen molar-refractivity contribution in [3.05, 3.63) is 168 Å². The molecule has 0 fully saturated rings. The lowest BCUT2D eigenvalue weighted by Crippen LogP contribution is -2.35. The molecular formula is C37H26N2O. The second-order valence-electron chi connectivity index (χ2n) is 10.3. The summed E-state index contributed by atoms with van der Waals surface area (Å²) in [5.74, 6) is 1.68. The molecule has 40 heavy (non-hydrogen) atoms. The second kappa shape index (κ2) is 8.89. The van der Waals surface area contributed by atoms with Crippen molar-refractivity contribution in [2.45, 2.75) is 5.41 Å². The van der Waals surface area contributed by atoms with Gasteiger partial charge in [0.15, 0.2) is 11.5 Å². The second-order valence-corrected chi connectivity index (χ2v) is 10.3. The molecule has 0 saturated heterocycles. The Labute approximate surface area is 233 Å². The van der Waals surface area contributed by atoms with Crippen molar-refractivity contribution in [3.63, 3.8) is 0 Å². The van der Waals surface area contributed by atoms with Gasteiger partial charge in [0, 0.05) is 11.4 Å². The molecule has 2 heterocycles. The van der Waals surface area contributed by atoms with Crippen LogP contribution in [0.2, 0.25) is 0 Å². The number of anilines is 4. The Balaban J connectivity index is 1.33. The van der Waals surface area contributed by atoms with Crippen LogP contribution in [-0.2, 0) is 5.41 Å². The van der Waals surface area contributed by atoms with Gasteiger partial charge in [-0.15, -0.1) is 0 Å². The van der Waals surface area contributed by atoms with E-state index in [2.05, 4.69) is 132 Å². The highest BCUT2D eigenvalue weighted by molar-refractivity contribution is 5.84. The zero-order valence-electron chi connectivity index (χ0n) is 21.8. The summed E-state index contributed by atoms with van der Waals surface area (Å²) < 4.78 is 6.17. The number of benzene rings is 6. The average molecular weight is 515 g/mol. The lowest BCUT2D eigenvalue weighted by molar-refractivity contribution is 0.481. The van der Waals surface area contributed by atoms with Crippen LogP contribution in [0.3, 0.4) is 0 Å². The van der Waals surface area contributed by atoms with Gasteiger partial charge in [0.25, 0.3) is 0 Å². The molecule has 0 bridgehead atoms. The Morgan fingerprint density at radius 3 is 1.75 bits per heavy atom. The summed E-state index contributed by atoms with van der Waals surface area (Å²) in [6, 6.07) is 51.7. The van der Waals surface area contributed by atoms with E-state index in [4.69, 9.17) is 4.74 Å². The number of rotatable bonds is 3. The van der Waals surface area contributed by atoms with Gasteiger partial charge in [-0.2, -0.15) is 0 Å². The number of para-hydroxylation sites is 4. The van der Waals surface area contributed by atoms with Crippen LogP contribution in [0.25, 0.3) is 11.1 Å². The highest BCUT2D eigenvalue weighted by Crippen LogP contribution is 2.54. The minimum atomic E-state index is -0.482. The first kappa shape index (κ1) is 22.7. The highest BCUT2D eigenvalue weighted by Gasteiger charge is 2.43. The summed E-state index contributed by atoms with van der Waals surface area (Å²) in [4.78, 5) is 0. The average Bonchev–Trinajstić information content (AvgIpc) is 3.03. The van der Waals surface area contributed by atoms with Gasteiger partial charge in [0.05, 0.1) is 16.8 Å². The molecule has 2 aliphatic rings. The lowest BCUT2D eigenvalue weighted by atomic mass is 9.62. The summed E-state index contributed by atoms with van der Waals surface area (Å²) in [6.45, 7) is 0. The minimum absolute atomic E-state index is 0.482. The summed E-state index contributed by atoms with van der Waals surface area (Å²) in [5, 5.41) is 7.26. The molecule has 2 N–H and O–H groups in total. The smallest absolute Gasteiger partial charge is 0.151 e. The lowest BCUT2D eigenvalue weighted by Gasteiger charge is -2.42. The van der Waals surface area contributed by atoms with Gasteiger partial charge in [0.2, 0.25) is 0 Å². The molecule has 0 atom stereocenters. The molecule has 3 nitrogen and oxygen atoms in total. The third kappa shape index (κ3) is 3.38. The molecule has 190 valence electrons. The fraction of sp³-hybridized carbons (Fsp3) is 0.0270. The maximum absolute atomic E-state index is 6.17. The number of fused-ring (bicyclic) bond motifs is 4. The van der Waals surface area contributed by atoms with E-state index in [0.29, 0.717) is 0 Å². The van der Waals surface area contributed by atoms with Crippen molar-refractivity contribution in [2.75, 3.05) is 10.6 Å². The fourth-order valence-corrected chi connectivity index (χ4v) is 6.36. The Morgan fingerprint density at radius 1 is 0.400 bits per heavy atom. The molecule has 0 amide bonds. The molecule has 6 aromatic carbocycles. The number of hydrogen-bond acceptors (Lipinski definition) is 3. The standard InChI is InChI=1S/C37H26N2O/c1-2-12-27(13-3-1)37(29-15-4-6-17-31(29)38-32-18-7-5-16-30(32)37)28-14-10-11-25(23-28)26-21-22-36-34(24-26)39-33-19-8-9-20-35(33)40-36/h1-24,38-39H. The largest absolute Gasteiger partial charge is 0.453 e. The molecule has 0 aliphatic carbocycles. The highest BCUT2D eigenvalue weighted by atomic mass is 16.5. The maximum atomic E-state index is 6.17. The normalized spacial score (nSPS) is 13.8. The molecular weight excluding hydrogens is 488 g/mol. The van der Waals surface area contributed by atoms with E-state index in [1.807, 2.05) is 24.3 Å². The van der Waals surface area contributed by atoms with Crippen LogP contribution in [0.1, 0.15) is 22.3 Å². The third-order valence-corrected chi connectivity index (χ3v) is 8.12. The number of nitrogens with one attached hydrogen (secondary N) is 2. The molecule has 0 saturated carbocycles. The van der Waals surface area contributed by atoms with Crippen molar-refractivity contribution in [3.8, 4) is 22.6 Å². The molecule has 2 aliphatic heterocycles. The van der Waals surface area contributed by atoms with Crippen molar-refractivity contribution in [2.24, 2.45) is 0 Å². The Kier molecular flexibility index (Phi) is 5.04. The van der Waals surface area contributed by atoms with E-state index < -0.39 is 5.41 Å². The minimum Gasteiger partial charge on any atom is -0.453 e. The third-order valence-electron chi connectivity index (χ3n) is 8.12. The zero-order valence-corrected chi connectivity index (χ0v) is 21.8. The van der Waals surface area contributed by atoms with E-state index in [9.17, 15) is 0 Å².